The van der Waals surface area contributed by atoms with Gasteiger partial charge in [0.05, 0.1) is 7.11 Å². The molecule has 4 nitrogen and oxygen atoms in total. The molecule has 0 saturated carbocycles. The molecule has 30 heavy (non-hydrogen) atoms. The Labute approximate surface area is 180 Å². The standard InChI is InChI=1S/C14H20N2O.C12H12O/c1-15-7-8-16-12(10-15)4-3-11-9-13(17-2)5-6-14(11)16;1-4-10-6-7-12(9(3)13)8-11(10)5-2/h5-6,9,12H,3-4,7-8,10H2,1-2H3;4-8H,1-2H2,3H3. The molecule has 4 heteroatoms. The molecule has 0 amide bonds. The minimum absolute atomic E-state index is 0.0683. The third-order valence-electron chi connectivity index (χ3n) is 5.96. The van der Waals surface area contributed by atoms with Crippen molar-refractivity contribution in [2.45, 2.75) is 25.8 Å². The van der Waals surface area contributed by atoms with E-state index in [4.69, 9.17) is 4.74 Å². The molecule has 1 atom stereocenters. The van der Waals surface area contributed by atoms with E-state index >= 15 is 0 Å². The van der Waals surface area contributed by atoms with Gasteiger partial charge in [0.2, 0.25) is 0 Å². The molecule has 2 aromatic carbocycles. The zero-order valence-corrected chi connectivity index (χ0v) is 18.4. The molecule has 0 spiro atoms. The molecule has 2 aliphatic heterocycles. The van der Waals surface area contributed by atoms with E-state index in [-0.39, 0.29) is 5.78 Å². The van der Waals surface area contributed by atoms with Crippen LogP contribution in [0.3, 0.4) is 0 Å². The number of carbonyl (C=O) groups is 1. The normalized spacial score (nSPS) is 17.7. The first-order chi connectivity index (χ1) is 14.5. The van der Waals surface area contributed by atoms with E-state index in [1.807, 2.05) is 12.1 Å². The molecule has 0 N–H and O–H groups in total. The number of hydrogen-bond donors (Lipinski definition) is 0. The van der Waals surface area contributed by atoms with E-state index in [1.165, 1.54) is 37.2 Å². The summed E-state index contributed by atoms with van der Waals surface area (Å²) in [7, 11) is 3.96. The van der Waals surface area contributed by atoms with E-state index in [0.717, 1.165) is 23.4 Å². The summed E-state index contributed by atoms with van der Waals surface area (Å²) in [6.07, 6.45) is 5.93. The van der Waals surface area contributed by atoms with Gasteiger partial charge in [-0.05, 0) is 67.8 Å². The third-order valence-corrected chi connectivity index (χ3v) is 5.96. The summed E-state index contributed by atoms with van der Waals surface area (Å²) in [5.41, 5.74) is 5.53. The van der Waals surface area contributed by atoms with Gasteiger partial charge in [0, 0.05) is 36.9 Å². The summed E-state index contributed by atoms with van der Waals surface area (Å²) in [5.74, 6) is 1.05. The molecule has 0 radical (unpaired) electrons. The Kier molecular flexibility index (Phi) is 7.11. The quantitative estimate of drug-likeness (QED) is 0.676. The Morgan fingerprint density at radius 1 is 1.10 bits per heavy atom. The summed E-state index contributed by atoms with van der Waals surface area (Å²) >= 11 is 0. The van der Waals surface area contributed by atoms with E-state index in [1.54, 1.807) is 32.3 Å². The van der Waals surface area contributed by atoms with Gasteiger partial charge in [-0.25, -0.2) is 0 Å². The summed E-state index contributed by atoms with van der Waals surface area (Å²) in [6.45, 7) is 12.4. The number of Topliss-reactive ketones (excluding diaryl/α,β-unsaturated/α-hetero) is 1. The first-order valence-electron chi connectivity index (χ1n) is 10.5. The highest BCUT2D eigenvalue weighted by atomic mass is 16.5. The van der Waals surface area contributed by atoms with Crippen LogP contribution in [0.1, 0.15) is 40.4 Å². The van der Waals surface area contributed by atoms with E-state index in [9.17, 15) is 4.79 Å². The molecule has 0 aliphatic carbocycles. The van der Waals surface area contributed by atoms with Crippen LogP contribution in [0, 0.1) is 0 Å². The maximum Gasteiger partial charge on any atom is 0.159 e. The zero-order valence-electron chi connectivity index (χ0n) is 18.4. The SMILES string of the molecule is C=Cc1ccc(C(C)=O)cc1C=C.COc1ccc2c(c1)CCC1CN(C)CCN21. The highest BCUT2D eigenvalue weighted by Gasteiger charge is 2.30. The van der Waals surface area contributed by atoms with Crippen molar-refractivity contribution in [3.63, 3.8) is 0 Å². The number of piperazine rings is 1. The number of benzene rings is 2. The molecule has 0 bridgehead atoms. The molecule has 4 rings (SSSR count). The van der Waals surface area contributed by atoms with Gasteiger partial charge in [0.15, 0.2) is 5.78 Å². The van der Waals surface area contributed by atoms with Gasteiger partial charge in [-0.15, -0.1) is 0 Å². The number of hydrogen-bond acceptors (Lipinski definition) is 4. The first-order valence-corrected chi connectivity index (χ1v) is 10.5. The molecular formula is C26H32N2O2. The topological polar surface area (TPSA) is 32.8 Å². The molecular weight excluding hydrogens is 372 g/mol. The second-order valence-electron chi connectivity index (χ2n) is 7.95. The molecule has 2 aromatic rings. The fourth-order valence-electron chi connectivity index (χ4n) is 4.22. The Balaban J connectivity index is 0.000000178. The van der Waals surface area contributed by atoms with Crippen LogP contribution in [-0.4, -0.2) is 50.5 Å². The van der Waals surface area contributed by atoms with Crippen molar-refractivity contribution in [3.05, 3.63) is 71.8 Å². The number of carbonyl (C=O) groups excluding carboxylic acids is 1. The summed E-state index contributed by atoms with van der Waals surface area (Å²) < 4.78 is 5.31. The van der Waals surface area contributed by atoms with Crippen LogP contribution in [0.2, 0.25) is 0 Å². The van der Waals surface area contributed by atoms with Gasteiger partial charge in [-0.3, -0.25) is 4.79 Å². The van der Waals surface area contributed by atoms with Gasteiger partial charge in [-0.2, -0.15) is 0 Å². The predicted molar refractivity (Wildman–Crippen MR) is 127 cm³/mol. The van der Waals surface area contributed by atoms with Crippen molar-refractivity contribution >= 4 is 23.6 Å². The van der Waals surface area contributed by atoms with Crippen molar-refractivity contribution < 1.29 is 9.53 Å². The second-order valence-corrected chi connectivity index (χ2v) is 7.95. The van der Waals surface area contributed by atoms with Crippen molar-refractivity contribution in [1.29, 1.82) is 0 Å². The van der Waals surface area contributed by atoms with Crippen LogP contribution in [0.5, 0.6) is 5.75 Å². The van der Waals surface area contributed by atoms with Gasteiger partial charge >= 0.3 is 0 Å². The molecule has 0 aromatic heterocycles. The lowest BCUT2D eigenvalue weighted by atomic mass is 9.94. The number of ether oxygens (including phenoxy) is 1. The van der Waals surface area contributed by atoms with Crippen LogP contribution >= 0.6 is 0 Å². The molecule has 2 heterocycles. The molecule has 2 aliphatic rings. The smallest absolute Gasteiger partial charge is 0.159 e. The Hall–Kier alpha value is -2.85. The number of likely N-dealkylation sites (N-methyl/N-ethyl adjacent to an activating group) is 1. The van der Waals surface area contributed by atoms with Crippen molar-refractivity contribution in [3.8, 4) is 5.75 Å². The van der Waals surface area contributed by atoms with Gasteiger partial charge in [-0.1, -0.05) is 37.4 Å². The minimum atomic E-state index is 0.0683. The van der Waals surface area contributed by atoms with Crippen molar-refractivity contribution in [2.75, 3.05) is 38.7 Å². The van der Waals surface area contributed by atoms with Crippen molar-refractivity contribution in [1.82, 2.24) is 4.90 Å². The number of ketones is 1. The number of fused-ring (bicyclic) bond motifs is 3. The largest absolute Gasteiger partial charge is 0.497 e. The van der Waals surface area contributed by atoms with Crippen molar-refractivity contribution in [2.24, 2.45) is 0 Å². The monoisotopic (exact) mass is 404 g/mol. The Morgan fingerprint density at radius 2 is 1.87 bits per heavy atom. The Morgan fingerprint density at radius 3 is 2.53 bits per heavy atom. The van der Waals surface area contributed by atoms with Gasteiger partial charge < -0.3 is 14.5 Å². The number of methoxy groups -OCH3 is 1. The number of rotatable bonds is 4. The van der Waals surface area contributed by atoms with Gasteiger partial charge in [0.1, 0.15) is 5.75 Å². The molecule has 1 fully saturated rings. The highest BCUT2D eigenvalue weighted by molar-refractivity contribution is 5.95. The zero-order chi connectivity index (χ0) is 21.7. The lowest BCUT2D eigenvalue weighted by molar-refractivity contribution is 0.101. The van der Waals surface area contributed by atoms with Crippen LogP contribution < -0.4 is 9.64 Å². The summed E-state index contributed by atoms with van der Waals surface area (Å²) in [5, 5.41) is 0. The minimum Gasteiger partial charge on any atom is -0.497 e. The average Bonchev–Trinajstić information content (AvgIpc) is 2.78. The molecule has 1 saturated heterocycles. The highest BCUT2D eigenvalue weighted by Crippen LogP contribution is 2.34. The third kappa shape index (κ3) is 4.82. The van der Waals surface area contributed by atoms with Crippen LogP contribution in [0.25, 0.3) is 12.2 Å². The van der Waals surface area contributed by atoms with Gasteiger partial charge in [0.25, 0.3) is 0 Å². The lowest BCUT2D eigenvalue weighted by Gasteiger charge is -2.45. The van der Waals surface area contributed by atoms with Crippen LogP contribution in [0.15, 0.2) is 49.6 Å². The number of aryl methyl sites for hydroxylation is 1. The maximum atomic E-state index is 11.1. The number of anilines is 1. The summed E-state index contributed by atoms with van der Waals surface area (Å²) in [6, 6.07) is 12.7. The van der Waals surface area contributed by atoms with Crippen LogP contribution in [-0.2, 0) is 6.42 Å². The lowest BCUT2D eigenvalue weighted by Crippen LogP contribution is -2.53. The van der Waals surface area contributed by atoms with E-state index < -0.39 is 0 Å². The van der Waals surface area contributed by atoms with E-state index in [2.05, 4.69) is 48.2 Å². The second kappa shape index (κ2) is 9.77. The molecule has 158 valence electrons. The maximum absolute atomic E-state index is 11.1. The predicted octanol–water partition coefficient (Wildman–Crippen LogP) is 4.94. The Bertz CT molecular complexity index is 935. The molecule has 1 unspecified atom stereocenters. The summed E-state index contributed by atoms with van der Waals surface area (Å²) in [4.78, 5) is 16.1. The van der Waals surface area contributed by atoms with Crippen LogP contribution in [0.4, 0.5) is 5.69 Å². The fraction of sp³-hybridized carbons (Fsp3) is 0.346. The first kappa shape index (κ1) is 21.8. The van der Waals surface area contributed by atoms with E-state index in [0.29, 0.717) is 11.6 Å². The average molecular weight is 405 g/mol. The number of nitrogens with zero attached hydrogens (tertiary/aromatic N) is 2. The fourth-order valence-corrected chi connectivity index (χ4v) is 4.22.